The van der Waals surface area contributed by atoms with Crippen molar-refractivity contribution in [1.29, 1.82) is 0 Å². The van der Waals surface area contributed by atoms with Crippen molar-refractivity contribution in [3.63, 3.8) is 0 Å². The van der Waals surface area contributed by atoms with Gasteiger partial charge >= 0.3 is 207 Å². The second kappa shape index (κ2) is 22.7. The van der Waals surface area contributed by atoms with Gasteiger partial charge in [0.2, 0.25) is 0 Å². The standard InChI is InChI=1S/7Na.H7O16P5/c;;;;;;;1-17(2,3)13-19(7,8)15-21(11,12)16-20(9,10)14-18(4,5)6/h;;;;;;;(H,7,8)(H,9,10)(H,11,12)(H2,1,2,3)(H2,4,5,6)/q7*+1;/p-7. The molecule has 0 saturated carbocycles. The molecule has 0 bridgehead atoms. The molecule has 0 saturated heterocycles. The first-order chi connectivity index (χ1) is 8.83. The van der Waals surface area contributed by atoms with Crippen LogP contribution in [0.3, 0.4) is 0 Å². The van der Waals surface area contributed by atoms with Gasteiger partial charge in [-0.15, -0.1) is 0 Å². The molecular weight excluding hydrogens is 572 g/mol. The molecule has 128 valence electrons. The van der Waals surface area contributed by atoms with Crippen molar-refractivity contribution < 1.29 is 281 Å². The van der Waals surface area contributed by atoms with E-state index in [-0.39, 0.29) is 207 Å². The third-order valence-electron chi connectivity index (χ3n) is 0.800. The molecular formula is Na7O16P5. The van der Waals surface area contributed by atoms with Gasteiger partial charge in [0.25, 0.3) is 23.5 Å². The van der Waals surface area contributed by atoms with Gasteiger partial charge < -0.3 is 43.4 Å². The normalized spacial score (nSPS) is 16.5. The van der Waals surface area contributed by atoms with E-state index >= 15 is 0 Å². The SMILES string of the molecule is O=P([O-])([O-])OP(=O)([O-])OP(=O)([O-])OP(=O)([O-])OP(=O)([O-])[O-].[Na+].[Na+].[Na+].[Na+].[Na+].[Na+].[Na+]. The van der Waals surface area contributed by atoms with Crippen molar-refractivity contribution in [2.45, 2.75) is 0 Å². The van der Waals surface area contributed by atoms with E-state index in [1.807, 2.05) is 0 Å². The summed E-state index contributed by atoms with van der Waals surface area (Å²) in [6, 6.07) is 0. The van der Waals surface area contributed by atoms with E-state index < -0.39 is 39.1 Å². The summed E-state index contributed by atoms with van der Waals surface area (Å²) in [7, 11) is -32.1. The van der Waals surface area contributed by atoms with Crippen LogP contribution in [-0.4, -0.2) is 0 Å². The number of rotatable bonds is 8. The van der Waals surface area contributed by atoms with Crippen LogP contribution in [0.4, 0.5) is 0 Å². The van der Waals surface area contributed by atoms with Gasteiger partial charge in [-0.25, -0.2) is 8.62 Å². The Balaban J connectivity index is -0.0000000952. The van der Waals surface area contributed by atoms with E-state index in [9.17, 15) is 57.1 Å². The van der Waals surface area contributed by atoms with Crippen molar-refractivity contribution in [2.75, 3.05) is 0 Å². The molecule has 16 nitrogen and oxygen atoms in total. The van der Waals surface area contributed by atoms with Crippen molar-refractivity contribution in [3.05, 3.63) is 0 Å². The quantitative estimate of drug-likeness (QED) is 0.193. The Bertz CT molecular complexity index is 569. The zero-order valence-corrected chi connectivity index (χ0v) is 34.2. The Morgan fingerprint density at radius 1 is 0.357 bits per heavy atom. The molecule has 28 heteroatoms. The summed E-state index contributed by atoms with van der Waals surface area (Å²) < 4.78 is 62.6. The summed E-state index contributed by atoms with van der Waals surface area (Å²) in [6.07, 6.45) is 0. The molecule has 0 aliphatic carbocycles. The van der Waals surface area contributed by atoms with Crippen LogP contribution in [0.1, 0.15) is 0 Å². The molecule has 28 heavy (non-hydrogen) atoms. The predicted molar refractivity (Wildman–Crippen MR) is 42.4 cm³/mol. The zero-order valence-electron chi connectivity index (χ0n) is 15.8. The fraction of sp³-hybridized carbons (Fsp3) is 0. The third kappa shape index (κ3) is 35.9. The maximum absolute atomic E-state index is 10.7. The monoisotopic (exact) mass is 572 g/mol. The van der Waals surface area contributed by atoms with Gasteiger partial charge in [-0.2, -0.15) is 0 Å². The average Bonchev–Trinajstić information content (AvgIpc) is 1.83. The minimum atomic E-state index is -6.56. The predicted octanol–water partition coefficient (Wildman–Crippen LogP) is -25.9. The van der Waals surface area contributed by atoms with Crippen molar-refractivity contribution in [3.8, 4) is 0 Å². The molecule has 0 aromatic rings. The first kappa shape index (κ1) is 56.0. The topological polar surface area (TPSA) is 284 Å². The molecule has 0 aliphatic heterocycles. The summed E-state index contributed by atoms with van der Waals surface area (Å²) in [5.41, 5.74) is 0. The van der Waals surface area contributed by atoms with Gasteiger partial charge in [-0.3, -0.25) is 22.3 Å². The Morgan fingerprint density at radius 3 is 0.643 bits per heavy atom. The van der Waals surface area contributed by atoms with Crippen LogP contribution < -0.4 is 241 Å². The minimum absolute atomic E-state index is 0. The molecule has 0 radical (unpaired) electrons. The first-order valence-electron chi connectivity index (χ1n) is 3.65. The van der Waals surface area contributed by atoms with Gasteiger partial charge in [0.05, 0.1) is 15.6 Å². The van der Waals surface area contributed by atoms with Gasteiger partial charge in [0, 0.05) is 0 Å². The second-order valence-corrected chi connectivity index (χ2v) is 9.65. The molecule has 2 atom stereocenters. The average molecular weight is 572 g/mol. The van der Waals surface area contributed by atoms with E-state index in [0.717, 1.165) is 0 Å². The largest absolute Gasteiger partial charge is 1.00 e. The summed E-state index contributed by atoms with van der Waals surface area (Å²) >= 11 is 0. The van der Waals surface area contributed by atoms with E-state index in [2.05, 4.69) is 17.2 Å². The molecule has 0 aromatic carbocycles. The van der Waals surface area contributed by atoms with Crippen LogP contribution in [0.15, 0.2) is 0 Å². The van der Waals surface area contributed by atoms with Crippen LogP contribution in [0.25, 0.3) is 0 Å². The molecule has 0 rings (SSSR count). The van der Waals surface area contributed by atoms with E-state index in [0.29, 0.717) is 0 Å². The smallest absolute Gasteiger partial charge is 0.790 e. The fourth-order valence-corrected chi connectivity index (χ4v) is 5.62. The van der Waals surface area contributed by atoms with Gasteiger partial charge in [-0.1, -0.05) is 0 Å². The summed E-state index contributed by atoms with van der Waals surface area (Å²) in [6.45, 7) is 0. The fourth-order valence-electron chi connectivity index (χ4n) is 0.535. The van der Waals surface area contributed by atoms with Crippen molar-refractivity contribution in [1.82, 2.24) is 0 Å². The molecule has 0 N–H and O–H groups in total. The maximum atomic E-state index is 10.7. The van der Waals surface area contributed by atoms with E-state index in [1.54, 1.807) is 0 Å². The Labute approximate surface area is 313 Å². The van der Waals surface area contributed by atoms with Crippen LogP contribution in [0, 0.1) is 0 Å². The molecule has 0 aromatic heterocycles. The Hall–Kier alpha value is 7.71. The second-order valence-electron chi connectivity index (χ2n) is 2.56. The van der Waals surface area contributed by atoms with Gasteiger partial charge in [-0.05, 0) is 0 Å². The molecule has 0 spiro atoms. The summed E-state index contributed by atoms with van der Waals surface area (Å²) in [5.74, 6) is 0. The van der Waals surface area contributed by atoms with Crippen molar-refractivity contribution >= 4 is 39.1 Å². The molecule has 2 unspecified atom stereocenters. The Morgan fingerprint density at radius 2 is 0.500 bits per heavy atom. The molecule has 0 aliphatic rings. The van der Waals surface area contributed by atoms with E-state index in [4.69, 9.17) is 0 Å². The Kier molecular flexibility index (Phi) is 45.4. The minimum Gasteiger partial charge on any atom is -0.790 e. The third-order valence-corrected chi connectivity index (χ3v) is 7.20. The van der Waals surface area contributed by atoms with Crippen molar-refractivity contribution in [2.24, 2.45) is 0 Å². The maximum Gasteiger partial charge on any atom is 1.00 e. The van der Waals surface area contributed by atoms with Gasteiger partial charge in [0.1, 0.15) is 0 Å². The number of hydrogen-bond acceptors (Lipinski definition) is 16. The van der Waals surface area contributed by atoms with Gasteiger partial charge in [0.15, 0.2) is 0 Å². The number of hydrogen-bond donors (Lipinski definition) is 0. The van der Waals surface area contributed by atoms with Crippen LogP contribution >= 0.6 is 39.1 Å². The number of phosphoric acid groups is 5. The van der Waals surface area contributed by atoms with E-state index in [1.165, 1.54) is 0 Å². The first-order valence-corrected chi connectivity index (χ1v) is 11.0. The summed E-state index contributed by atoms with van der Waals surface area (Å²) in [5, 5.41) is 0. The van der Waals surface area contributed by atoms with Crippen LogP contribution in [-0.2, 0) is 40.1 Å². The van der Waals surface area contributed by atoms with Crippen LogP contribution in [0.2, 0.25) is 0 Å². The molecule has 0 amide bonds. The molecule has 0 heterocycles. The van der Waals surface area contributed by atoms with Crippen LogP contribution in [0.5, 0.6) is 0 Å². The molecule has 0 fully saturated rings. The summed E-state index contributed by atoms with van der Waals surface area (Å²) in [4.78, 5) is 71.5. The zero-order chi connectivity index (χ0) is 17.3.